The first-order valence-corrected chi connectivity index (χ1v) is 5.34. The van der Waals surface area contributed by atoms with Gasteiger partial charge in [-0.05, 0) is 36.8 Å². The molecule has 4 rings (SSSR count). The van der Waals surface area contributed by atoms with Gasteiger partial charge in [-0.2, -0.15) is 0 Å². The summed E-state index contributed by atoms with van der Waals surface area (Å²) in [5, 5.41) is 0. The van der Waals surface area contributed by atoms with Crippen molar-refractivity contribution in [1.29, 1.82) is 0 Å². The molecule has 0 saturated heterocycles. The highest BCUT2D eigenvalue weighted by atomic mass is 16.1. The maximum Gasteiger partial charge on any atom is 0.143 e. The smallest absolute Gasteiger partial charge is 0.143 e. The summed E-state index contributed by atoms with van der Waals surface area (Å²) in [6, 6.07) is 8.48. The normalized spacial score (nSPS) is 34.4. The van der Waals surface area contributed by atoms with Crippen LogP contribution in [0.25, 0.3) is 0 Å². The van der Waals surface area contributed by atoms with E-state index in [0.717, 1.165) is 12.8 Å². The number of hydrogen-bond acceptors (Lipinski definition) is 1. The largest absolute Gasteiger partial charge is 0.299 e. The summed E-state index contributed by atoms with van der Waals surface area (Å²) in [4.78, 5) is 11.9. The van der Waals surface area contributed by atoms with Gasteiger partial charge in [0.1, 0.15) is 5.78 Å². The standard InChI is InChI=1S/C13H14O/c1-13-7-6-9(8-12(13)14)10-4-2-3-5-11(10)13/h2-5,9H,6-8H2,1H3. The minimum atomic E-state index is -0.161. The maximum atomic E-state index is 11.9. The Morgan fingerprint density at radius 1 is 1.36 bits per heavy atom. The zero-order chi connectivity index (χ0) is 9.76. The molecule has 0 heterocycles. The van der Waals surface area contributed by atoms with Crippen molar-refractivity contribution in [2.45, 2.75) is 37.5 Å². The average molecular weight is 186 g/mol. The van der Waals surface area contributed by atoms with E-state index in [1.54, 1.807) is 0 Å². The fourth-order valence-electron chi connectivity index (χ4n) is 3.06. The second kappa shape index (κ2) is 2.47. The molecule has 0 amide bonds. The number of carbonyl (C=O) groups is 1. The predicted octanol–water partition coefficient (Wildman–Crippen LogP) is 2.79. The average Bonchev–Trinajstić information content (AvgIpc) is 2.22. The zero-order valence-electron chi connectivity index (χ0n) is 8.42. The van der Waals surface area contributed by atoms with Crippen molar-refractivity contribution >= 4 is 5.78 Å². The molecule has 1 saturated carbocycles. The molecule has 2 unspecified atom stereocenters. The summed E-state index contributed by atoms with van der Waals surface area (Å²) in [6.07, 6.45) is 3.01. The van der Waals surface area contributed by atoms with Gasteiger partial charge in [0.05, 0.1) is 5.41 Å². The number of benzene rings is 1. The third-order valence-electron chi connectivity index (χ3n) is 4.04. The molecule has 0 spiro atoms. The van der Waals surface area contributed by atoms with Crippen LogP contribution in [0.15, 0.2) is 24.3 Å². The van der Waals surface area contributed by atoms with E-state index in [4.69, 9.17) is 0 Å². The lowest BCUT2D eigenvalue weighted by Crippen LogP contribution is -2.43. The molecular weight excluding hydrogens is 172 g/mol. The molecule has 2 bridgehead atoms. The van der Waals surface area contributed by atoms with Gasteiger partial charge in [0, 0.05) is 6.42 Å². The number of hydrogen-bond donors (Lipinski definition) is 0. The number of ketones is 1. The number of Topliss-reactive ketones (excluding diaryl/α,β-unsaturated/α-hetero) is 1. The van der Waals surface area contributed by atoms with Gasteiger partial charge in [-0.3, -0.25) is 4.79 Å². The SMILES string of the molecule is CC12CCC(CC1=O)c1ccccc12. The molecule has 1 nitrogen and oxygen atoms in total. The van der Waals surface area contributed by atoms with E-state index in [-0.39, 0.29) is 5.41 Å². The number of carbonyl (C=O) groups excluding carboxylic acids is 1. The first-order valence-electron chi connectivity index (χ1n) is 5.34. The second-order valence-corrected chi connectivity index (χ2v) is 4.78. The van der Waals surface area contributed by atoms with E-state index >= 15 is 0 Å². The Labute approximate surface area is 84.1 Å². The van der Waals surface area contributed by atoms with Crippen LogP contribution in [0.3, 0.4) is 0 Å². The van der Waals surface area contributed by atoms with Crippen molar-refractivity contribution in [2.24, 2.45) is 0 Å². The van der Waals surface area contributed by atoms with Crippen molar-refractivity contribution < 1.29 is 4.79 Å². The predicted molar refractivity (Wildman–Crippen MR) is 55.4 cm³/mol. The molecule has 1 heteroatoms. The summed E-state index contributed by atoms with van der Waals surface area (Å²) in [7, 11) is 0. The molecule has 14 heavy (non-hydrogen) atoms. The van der Waals surface area contributed by atoms with Gasteiger partial charge >= 0.3 is 0 Å². The van der Waals surface area contributed by atoms with Gasteiger partial charge in [0.25, 0.3) is 0 Å². The molecule has 1 fully saturated rings. The van der Waals surface area contributed by atoms with Gasteiger partial charge in [0.15, 0.2) is 0 Å². The van der Waals surface area contributed by atoms with Gasteiger partial charge < -0.3 is 0 Å². The molecule has 1 aromatic rings. The molecule has 0 aromatic heterocycles. The van der Waals surface area contributed by atoms with Crippen LogP contribution < -0.4 is 0 Å². The van der Waals surface area contributed by atoms with E-state index in [9.17, 15) is 4.79 Å². The lowest BCUT2D eigenvalue weighted by Gasteiger charge is -2.44. The van der Waals surface area contributed by atoms with E-state index in [0.29, 0.717) is 11.7 Å². The Balaban J connectivity index is 2.28. The number of fused-ring (bicyclic) bond motifs is 2. The van der Waals surface area contributed by atoms with E-state index in [1.807, 2.05) is 0 Å². The summed E-state index contributed by atoms with van der Waals surface area (Å²) >= 11 is 0. The fraction of sp³-hybridized carbons (Fsp3) is 0.462. The zero-order valence-corrected chi connectivity index (χ0v) is 8.42. The lowest BCUT2D eigenvalue weighted by molar-refractivity contribution is -0.127. The van der Waals surface area contributed by atoms with Crippen LogP contribution in [-0.2, 0) is 10.2 Å². The van der Waals surface area contributed by atoms with Crippen LogP contribution in [0.2, 0.25) is 0 Å². The van der Waals surface area contributed by atoms with Crippen molar-refractivity contribution in [1.82, 2.24) is 0 Å². The second-order valence-electron chi connectivity index (χ2n) is 4.78. The Morgan fingerprint density at radius 2 is 2.14 bits per heavy atom. The highest BCUT2D eigenvalue weighted by molar-refractivity contribution is 5.93. The molecule has 0 N–H and O–H groups in total. The van der Waals surface area contributed by atoms with E-state index in [1.165, 1.54) is 17.5 Å². The lowest BCUT2D eigenvalue weighted by atomic mass is 9.58. The van der Waals surface area contributed by atoms with Crippen molar-refractivity contribution in [3.05, 3.63) is 35.4 Å². The molecular formula is C13H14O. The minimum absolute atomic E-state index is 0.161. The van der Waals surface area contributed by atoms with Crippen molar-refractivity contribution in [2.75, 3.05) is 0 Å². The molecule has 1 aromatic carbocycles. The third-order valence-corrected chi connectivity index (χ3v) is 4.04. The Kier molecular flexibility index (Phi) is 1.45. The highest BCUT2D eigenvalue weighted by Crippen LogP contribution is 2.50. The van der Waals surface area contributed by atoms with Gasteiger partial charge in [0.2, 0.25) is 0 Å². The molecule has 72 valence electrons. The Morgan fingerprint density at radius 3 is 2.93 bits per heavy atom. The van der Waals surface area contributed by atoms with Crippen LogP contribution in [0.5, 0.6) is 0 Å². The first kappa shape index (κ1) is 8.22. The molecule has 0 aliphatic heterocycles. The quantitative estimate of drug-likeness (QED) is 0.609. The van der Waals surface area contributed by atoms with Crippen molar-refractivity contribution in [3.63, 3.8) is 0 Å². The number of rotatable bonds is 0. The van der Waals surface area contributed by atoms with E-state index in [2.05, 4.69) is 31.2 Å². The summed E-state index contributed by atoms with van der Waals surface area (Å²) in [6.45, 7) is 2.11. The van der Waals surface area contributed by atoms with Crippen LogP contribution in [0.1, 0.15) is 43.2 Å². The first-order chi connectivity index (χ1) is 6.72. The monoisotopic (exact) mass is 186 g/mol. The minimum Gasteiger partial charge on any atom is -0.299 e. The topological polar surface area (TPSA) is 17.1 Å². The summed E-state index contributed by atoms with van der Waals surface area (Å²) in [5.74, 6) is 0.966. The van der Waals surface area contributed by atoms with Crippen LogP contribution in [0.4, 0.5) is 0 Å². The Bertz CT molecular complexity index is 407. The molecule has 2 atom stereocenters. The molecule has 3 aliphatic rings. The van der Waals surface area contributed by atoms with Crippen LogP contribution in [0, 0.1) is 0 Å². The van der Waals surface area contributed by atoms with E-state index < -0.39 is 0 Å². The van der Waals surface area contributed by atoms with Crippen LogP contribution >= 0.6 is 0 Å². The van der Waals surface area contributed by atoms with Gasteiger partial charge in [-0.1, -0.05) is 24.3 Å². The summed E-state index contributed by atoms with van der Waals surface area (Å²) in [5.41, 5.74) is 2.57. The maximum absolute atomic E-state index is 11.9. The summed E-state index contributed by atoms with van der Waals surface area (Å²) < 4.78 is 0. The third kappa shape index (κ3) is 0.827. The molecule has 3 aliphatic carbocycles. The van der Waals surface area contributed by atoms with Crippen LogP contribution in [-0.4, -0.2) is 5.78 Å². The van der Waals surface area contributed by atoms with Gasteiger partial charge in [-0.15, -0.1) is 0 Å². The Hall–Kier alpha value is -1.11. The van der Waals surface area contributed by atoms with Crippen molar-refractivity contribution in [3.8, 4) is 0 Å². The molecule has 0 radical (unpaired) electrons. The van der Waals surface area contributed by atoms with Gasteiger partial charge in [-0.25, -0.2) is 0 Å². The fourth-order valence-corrected chi connectivity index (χ4v) is 3.06. The highest BCUT2D eigenvalue weighted by Gasteiger charge is 2.46.